The molecular formula is C17H24N2O. The van der Waals surface area contributed by atoms with Crippen LogP contribution in [0.4, 0.5) is 0 Å². The molecule has 0 saturated heterocycles. The van der Waals surface area contributed by atoms with Gasteiger partial charge in [-0.2, -0.15) is 0 Å². The van der Waals surface area contributed by atoms with Gasteiger partial charge in [-0.05, 0) is 37.1 Å². The van der Waals surface area contributed by atoms with Gasteiger partial charge in [0.15, 0.2) is 0 Å². The first-order chi connectivity index (χ1) is 9.78. The summed E-state index contributed by atoms with van der Waals surface area (Å²) in [5.74, 6) is 1.00. The van der Waals surface area contributed by atoms with Crippen molar-refractivity contribution < 1.29 is 4.42 Å². The summed E-state index contributed by atoms with van der Waals surface area (Å²) < 4.78 is 5.39. The molecule has 1 heterocycles. The number of rotatable bonds is 8. The predicted molar refractivity (Wildman–Crippen MR) is 82.4 cm³/mol. The Morgan fingerprint density at radius 2 is 1.95 bits per heavy atom. The molecule has 3 heteroatoms. The summed E-state index contributed by atoms with van der Waals surface area (Å²) in [5.41, 5.74) is 7.61. The summed E-state index contributed by atoms with van der Waals surface area (Å²) in [4.78, 5) is 2.33. The normalized spacial score (nSPS) is 12.8. The van der Waals surface area contributed by atoms with E-state index >= 15 is 0 Å². The minimum Gasteiger partial charge on any atom is -0.468 e. The Bertz CT molecular complexity index is 467. The van der Waals surface area contributed by atoms with Gasteiger partial charge in [0.1, 0.15) is 5.76 Å². The van der Waals surface area contributed by atoms with Gasteiger partial charge in [-0.15, -0.1) is 0 Å². The Kier molecular flexibility index (Phi) is 5.84. The van der Waals surface area contributed by atoms with Crippen molar-refractivity contribution >= 4 is 0 Å². The molecule has 2 aromatic rings. The standard InChI is InChI=1S/C17H24N2O/c1-2-19(14-17-9-6-12-20-17)13-16(18)11-10-15-7-4-3-5-8-15/h3-9,12,16H,2,10-11,13-14,18H2,1H3. The molecule has 1 aromatic heterocycles. The van der Waals surface area contributed by atoms with Gasteiger partial charge in [0, 0.05) is 12.6 Å². The van der Waals surface area contributed by atoms with Gasteiger partial charge in [-0.25, -0.2) is 0 Å². The third-order valence-corrected chi connectivity index (χ3v) is 3.55. The van der Waals surface area contributed by atoms with E-state index in [4.69, 9.17) is 10.2 Å². The quantitative estimate of drug-likeness (QED) is 0.803. The second-order valence-corrected chi connectivity index (χ2v) is 5.19. The van der Waals surface area contributed by atoms with Gasteiger partial charge in [0.25, 0.3) is 0 Å². The lowest BCUT2D eigenvalue weighted by Crippen LogP contribution is -2.37. The van der Waals surface area contributed by atoms with Crippen LogP contribution in [-0.2, 0) is 13.0 Å². The third-order valence-electron chi connectivity index (χ3n) is 3.55. The van der Waals surface area contributed by atoms with Crippen LogP contribution in [0.5, 0.6) is 0 Å². The second kappa shape index (κ2) is 7.88. The topological polar surface area (TPSA) is 42.4 Å². The van der Waals surface area contributed by atoms with Crippen molar-refractivity contribution in [3.05, 3.63) is 60.1 Å². The summed E-state index contributed by atoms with van der Waals surface area (Å²) in [7, 11) is 0. The molecule has 1 unspecified atom stereocenters. The Balaban J connectivity index is 1.76. The maximum atomic E-state index is 6.25. The molecular weight excluding hydrogens is 248 g/mol. The van der Waals surface area contributed by atoms with Crippen LogP contribution in [-0.4, -0.2) is 24.0 Å². The molecule has 20 heavy (non-hydrogen) atoms. The molecule has 2 rings (SSSR count). The van der Waals surface area contributed by atoms with Gasteiger partial charge in [-0.3, -0.25) is 4.90 Å². The van der Waals surface area contributed by atoms with Gasteiger partial charge in [0.2, 0.25) is 0 Å². The van der Waals surface area contributed by atoms with Gasteiger partial charge >= 0.3 is 0 Å². The van der Waals surface area contributed by atoms with Crippen LogP contribution in [0.25, 0.3) is 0 Å². The summed E-state index contributed by atoms with van der Waals surface area (Å²) in [5, 5.41) is 0. The zero-order valence-corrected chi connectivity index (χ0v) is 12.2. The lowest BCUT2D eigenvalue weighted by Gasteiger charge is -2.23. The van der Waals surface area contributed by atoms with Crippen LogP contribution in [0.15, 0.2) is 53.1 Å². The Labute approximate surface area is 121 Å². The number of likely N-dealkylation sites (N-methyl/N-ethyl adjacent to an activating group) is 1. The zero-order valence-electron chi connectivity index (χ0n) is 12.2. The van der Waals surface area contributed by atoms with Crippen molar-refractivity contribution in [1.82, 2.24) is 4.90 Å². The number of furan rings is 1. The van der Waals surface area contributed by atoms with Crippen LogP contribution in [0.3, 0.4) is 0 Å². The van der Waals surface area contributed by atoms with Crippen LogP contribution in [0.1, 0.15) is 24.7 Å². The Morgan fingerprint density at radius 1 is 1.15 bits per heavy atom. The molecule has 0 aliphatic rings. The summed E-state index contributed by atoms with van der Waals surface area (Å²) in [6, 6.07) is 14.7. The molecule has 0 aliphatic carbocycles. The second-order valence-electron chi connectivity index (χ2n) is 5.19. The average molecular weight is 272 g/mol. The van der Waals surface area contributed by atoms with E-state index in [9.17, 15) is 0 Å². The van der Waals surface area contributed by atoms with Crippen molar-refractivity contribution in [3.8, 4) is 0 Å². The molecule has 2 N–H and O–H groups in total. The zero-order chi connectivity index (χ0) is 14.2. The highest BCUT2D eigenvalue weighted by Crippen LogP contribution is 2.08. The first-order valence-electron chi connectivity index (χ1n) is 7.32. The number of nitrogens with two attached hydrogens (primary N) is 1. The molecule has 0 spiro atoms. The lowest BCUT2D eigenvalue weighted by molar-refractivity contribution is 0.237. The van der Waals surface area contributed by atoms with Crippen LogP contribution in [0, 0.1) is 0 Å². The van der Waals surface area contributed by atoms with E-state index in [1.807, 2.05) is 18.2 Å². The first kappa shape index (κ1) is 14.8. The molecule has 0 bridgehead atoms. The molecule has 108 valence electrons. The molecule has 0 amide bonds. The van der Waals surface area contributed by atoms with Crippen LogP contribution >= 0.6 is 0 Å². The van der Waals surface area contributed by atoms with E-state index in [1.54, 1.807) is 6.26 Å². The Morgan fingerprint density at radius 3 is 2.60 bits per heavy atom. The monoisotopic (exact) mass is 272 g/mol. The Hall–Kier alpha value is -1.58. The smallest absolute Gasteiger partial charge is 0.117 e. The molecule has 3 nitrogen and oxygen atoms in total. The fourth-order valence-corrected chi connectivity index (χ4v) is 2.35. The van der Waals surface area contributed by atoms with Crippen molar-refractivity contribution in [3.63, 3.8) is 0 Å². The predicted octanol–water partition coefficient (Wildman–Crippen LogP) is 3.06. The molecule has 1 atom stereocenters. The highest BCUT2D eigenvalue weighted by Gasteiger charge is 2.11. The third kappa shape index (κ3) is 4.83. The number of nitrogens with zero attached hydrogens (tertiary/aromatic N) is 1. The van der Waals surface area contributed by atoms with Crippen LogP contribution < -0.4 is 5.73 Å². The summed E-state index contributed by atoms with van der Waals surface area (Å²) in [6.45, 7) is 4.89. The average Bonchev–Trinajstić information content (AvgIpc) is 2.98. The SMILES string of the molecule is CCN(Cc1ccco1)CC(N)CCc1ccccc1. The van der Waals surface area contributed by atoms with E-state index in [2.05, 4.69) is 36.1 Å². The van der Waals surface area contributed by atoms with Crippen molar-refractivity contribution in [2.24, 2.45) is 5.73 Å². The molecule has 0 radical (unpaired) electrons. The van der Waals surface area contributed by atoms with E-state index in [1.165, 1.54) is 5.56 Å². The summed E-state index contributed by atoms with van der Waals surface area (Å²) in [6.07, 6.45) is 3.78. The van der Waals surface area contributed by atoms with Gasteiger partial charge < -0.3 is 10.2 Å². The minimum absolute atomic E-state index is 0.199. The highest BCUT2D eigenvalue weighted by molar-refractivity contribution is 5.14. The van der Waals surface area contributed by atoms with Crippen LogP contribution in [0.2, 0.25) is 0 Å². The molecule has 1 aromatic carbocycles. The number of aryl methyl sites for hydroxylation is 1. The number of hydrogen-bond donors (Lipinski definition) is 1. The molecule has 0 fully saturated rings. The molecule has 0 aliphatic heterocycles. The van der Waals surface area contributed by atoms with E-state index < -0.39 is 0 Å². The van der Waals surface area contributed by atoms with Crippen molar-refractivity contribution in [2.45, 2.75) is 32.4 Å². The summed E-state index contributed by atoms with van der Waals surface area (Å²) >= 11 is 0. The fraction of sp³-hybridized carbons (Fsp3) is 0.412. The van der Waals surface area contributed by atoms with Gasteiger partial charge in [-0.1, -0.05) is 37.3 Å². The minimum atomic E-state index is 0.199. The van der Waals surface area contributed by atoms with Crippen molar-refractivity contribution in [2.75, 3.05) is 13.1 Å². The maximum Gasteiger partial charge on any atom is 0.117 e. The largest absolute Gasteiger partial charge is 0.468 e. The first-order valence-corrected chi connectivity index (χ1v) is 7.32. The van der Waals surface area contributed by atoms with Gasteiger partial charge in [0.05, 0.1) is 12.8 Å². The highest BCUT2D eigenvalue weighted by atomic mass is 16.3. The number of benzene rings is 1. The lowest BCUT2D eigenvalue weighted by atomic mass is 10.1. The maximum absolute atomic E-state index is 6.25. The fourth-order valence-electron chi connectivity index (χ4n) is 2.35. The van der Waals surface area contributed by atoms with E-state index in [0.29, 0.717) is 0 Å². The number of hydrogen-bond acceptors (Lipinski definition) is 3. The van der Waals surface area contributed by atoms with E-state index in [0.717, 1.165) is 38.2 Å². The van der Waals surface area contributed by atoms with E-state index in [-0.39, 0.29) is 6.04 Å². The van der Waals surface area contributed by atoms with Crippen molar-refractivity contribution in [1.29, 1.82) is 0 Å². The molecule has 0 saturated carbocycles.